The van der Waals surface area contributed by atoms with Crippen molar-refractivity contribution in [3.63, 3.8) is 0 Å². The molecule has 0 atom stereocenters. The molecule has 2 N–H and O–H groups in total. The molecule has 2 amide bonds. The van der Waals surface area contributed by atoms with Crippen molar-refractivity contribution < 1.29 is 9.59 Å². The Labute approximate surface area is 114 Å². The average molecular weight is 264 g/mol. The minimum absolute atomic E-state index is 0.0601. The molecule has 0 aliphatic heterocycles. The van der Waals surface area contributed by atoms with Crippen molar-refractivity contribution in [2.24, 2.45) is 17.8 Å². The first-order valence-corrected chi connectivity index (χ1v) is 7.70. The van der Waals surface area contributed by atoms with Crippen molar-refractivity contribution >= 4 is 11.8 Å². The van der Waals surface area contributed by atoms with Crippen molar-refractivity contribution in [1.82, 2.24) is 10.6 Å². The van der Waals surface area contributed by atoms with Crippen LogP contribution in [0.2, 0.25) is 0 Å². The summed E-state index contributed by atoms with van der Waals surface area (Å²) in [4.78, 5) is 23.7. The zero-order valence-electron chi connectivity index (χ0n) is 11.7. The van der Waals surface area contributed by atoms with Gasteiger partial charge in [0.25, 0.3) is 0 Å². The average Bonchev–Trinajstić information content (AvgIpc) is 2.33. The fraction of sp³-hybridized carbons (Fsp3) is 0.867. The Kier molecular flexibility index (Phi) is 3.27. The molecule has 19 heavy (non-hydrogen) atoms. The van der Waals surface area contributed by atoms with Crippen LogP contribution in [0.3, 0.4) is 0 Å². The van der Waals surface area contributed by atoms with Crippen LogP contribution in [-0.4, -0.2) is 23.9 Å². The molecule has 4 saturated carbocycles. The highest BCUT2D eigenvalue weighted by molar-refractivity contribution is 6.35. The lowest BCUT2D eigenvalue weighted by Gasteiger charge is -2.56. The molecule has 4 rings (SSSR count). The van der Waals surface area contributed by atoms with Crippen LogP contribution >= 0.6 is 0 Å². The molecule has 4 nitrogen and oxygen atoms in total. The van der Waals surface area contributed by atoms with Gasteiger partial charge in [0.2, 0.25) is 0 Å². The summed E-state index contributed by atoms with van der Waals surface area (Å²) in [7, 11) is 0. The molecule has 0 aromatic heterocycles. The van der Waals surface area contributed by atoms with E-state index in [2.05, 4.69) is 10.6 Å². The molecular formula is C15H24N2O2. The Morgan fingerprint density at radius 2 is 1.53 bits per heavy atom. The van der Waals surface area contributed by atoms with Gasteiger partial charge >= 0.3 is 11.8 Å². The Morgan fingerprint density at radius 1 is 1.00 bits per heavy atom. The summed E-state index contributed by atoms with van der Waals surface area (Å²) in [6.45, 7) is 2.56. The van der Waals surface area contributed by atoms with Gasteiger partial charge in [-0.1, -0.05) is 6.92 Å². The predicted molar refractivity (Wildman–Crippen MR) is 72.3 cm³/mol. The zero-order chi connectivity index (χ0) is 13.5. The third kappa shape index (κ3) is 2.49. The zero-order valence-corrected chi connectivity index (χ0v) is 11.7. The van der Waals surface area contributed by atoms with Gasteiger partial charge in [-0.25, -0.2) is 0 Å². The first kappa shape index (κ1) is 12.9. The SMILES string of the molecule is CCCNC(=O)C(=O)NC12CC3CC(CC(C3)C1)C2. The van der Waals surface area contributed by atoms with Crippen molar-refractivity contribution in [3.8, 4) is 0 Å². The van der Waals surface area contributed by atoms with Gasteiger partial charge in [-0.15, -0.1) is 0 Å². The summed E-state index contributed by atoms with van der Waals surface area (Å²) < 4.78 is 0. The molecule has 4 bridgehead atoms. The standard InChI is InChI=1S/C15H24N2O2/c1-2-3-16-13(18)14(19)17-15-7-10-4-11(8-15)6-12(5-10)9-15/h10-12H,2-9H2,1H3,(H,16,18)(H,17,19). The molecule has 0 unspecified atom stereocenters. The summed E-state index contributed by atoms with van der Waals surface area (Å²) in [5, 5.41) is 5.75. The molecule has 0 spiro atoms. The van der Waals surface area contributed by atoms with Gasteiger partial charge in [-0.2, -0.15) is 0 Å². The number of hydrogen-bond donors (Lipinski definition) is 2. The summed E-state index contributed by atoms with van der Waals surface area (Å²) in [6.07, 6.45) is 8.16. The molecule has 4 fully saturated rings. The molecule has 0 heterocycles. The minimum atomic E-state index is -0.461. The van der Waals surface area contributed by atoms with E-state index in [-0.39, 0.29) is 5.54 Å². The second-order valence-electron chi connectivity index (χ2n) is 6.91. The monoisotopic (exact) mass is 264 g/mol. The van der Waals surface area contributed by atoms with Gasteiger partial charge < -0.3 is 10.6 Å². The lowest BCUT2D eigenvalue weighted by molar-refractivity contribution is -0.142. The quantitative estimate of drug-likeness (QED) is 0.761. The summed E-state index contributed by atoms with van der Waals surface area (Å²) >= 11 is 0. The normalized spacial score (nSPS) is 39.1. The predicted octanol–water partition coefficient (Wildman–Crippen LogP) is 1.60. The van der Waals surface area contributed by atoms with E-state index in [0.29, 0.717) is 6.54 Å². The molecular weight excluding hydrogens is 240 g/mol. The number of amides is 2. The third-order valence-electron chi connectivity index (χ3n) is 5.16. The first-order chi connectivity index (χ1) is 9.10. The highest BCUT2D eigenvalue weighted by Gasteiger charge is 2.51. The highest BCUT2D eigenvalue weighted by Crippen LogP contribution is 2.55. The van der Waals surface area contributed by atoms with Crippen molar-refractivity contribution in [1.29, 1.82) is 0 Å². The van der Waals surface area contributed by atoms with E-state index in [4.69, 9.17) is 0 Å². The topological polar surface area (TPSA) is 58.2 Å². The van der Waals surface area contributed by atoms with Crippen LogP contribution in [0, 0.1) is 17.8 Å². The number of hydrogen-bond acceptors (Lipinski definition) is 2. The molecule has 0 aromatic rings. The van der Waals surface area contributed by atoms with Gasteiger partial charge in [0.15, 0.2) is 0 Å². The fourth-order valence-corrected chi connectivity index (χ4v) is 4.88. The van der Waals surface area contributed by atoms with Crippen LogP contribution < -0.4 is 10.6 Å². The summed E-state index contributed by atoms with van der Waals surface area (Å²) in [6, 6.07) is 0. The molecule has 4 aliphatic rings. The van der Waals surface area contributed by atoms with Gasteiger partial charge in [0.1, 0.15) is 0 Å². The number of carbonyl (C=O) groups excluding carboxylic acids is 2. The number of rotatable bonds is 3. The molecule has 4 aliphatic carbocycles. The summed E-state index contributed by atoms with van der Waals surface area (Å²) in [5.74, 6) is 1.47. The third-order valence-corrected chi connectivity index (χ3v) is 5.16. The van der Waals surface area contributed by atoms with Gasteiger partial charge in [0, 0.05) is 12.1 Å². The molecule has 0 aromatic carbocycles. The Hall–Kier alpha value is -1.06. The van der Waals surface area contributed by atoms with E-state index in [1.54, 1.807) is 0 Å². The van der Waals surface area contributed by atoms with E-state index in [0.717, 1.165) is 43.4 Å². The Balaban J connectivity index is 1.63. The molecule has 0 saturated heterocycles. The first-order valence-electron chi connectivity index (χ1n) is 7.70. The van der Waals surface area contributed by atoms with Crippen LogP contribution in [0.25, 0.3) is 0 Å². The maximum Gasteiger partial charge on any atom is 0.309 e. The second kappa shape index (κ2) is 4.80. The van der Waals surface area contributed by atoms with Crippen LogP contribution in [0.4, 0.5) is 0 Å². The van der Waals surface area contributed by atoms with Crippen LogP contribution in [-0.2, 0) is 9.59 Å². The van der Waals surface area contributed by atoms with Crippen molar-refractivity contribution in [2.45, 2.75) is 57.4 Å². The lowest BCUT2D eigenvalue weighted by atomic mass is 9.53. The van der Waals surface area contributed by atoms with E-state index >= 15 is 0 Å². The van der Waals surface area contributed by atoms with Crippen LogP contribution in [0.5, 0.6) is 0 Å². The molecule has 0 radical (unpaired) electrons. The fourth-order valence-electron chi connectivity index (χ4n) is 4.88. The van der Waals surface area contributed by atoms with E-state index in [1.807, 2.05) is 6.92 Å². The van der Waals surface area contributed by atoms with Gasteiger partial charge in [0.05, 0.1) is 0 Å². The number of carbonyl (C=O) groups is 2. The van der Waals surface area contributed by atoms with Gasteiger partial charge in [-0.05, 0) is 62.7 Å². The van der Waals surface area contributed by atoms with Crippen LogP contribution in [0.1, 0.15) is 51.9 Å². The highest BCUT2D eigenvalue weighted by atomic mass is 16.2. The minimum Gasteiger partial charge on any atom is -0.348 e. The molecule has 4 heteroatoms. The van der Waals surface area contributed by atoms with Crippen molar-refractivity contribution in [2.75, 3.05) is 6.54 Å². The Bertz CT molecular complexity index is 356. The van der Waals surface area contributed by atoms with Crippen molar-refractivity contribution in [3.05, 3.63) is 0 Å². The lowest BCUT2D eigenvalue weighted by Crippen LogP contribution is -2.61. The Morgan fingerprint density at radius 3 is 2.00 bits per heavy atom. The summed E-state index contributed by atoms with van der Waals surface area (Å²) in [5.41, 5.74) is -0.0601. The van der Waals surface area contributed by atoms with E-state index < -0.39 is 11.8 Å². The van der Waals surface area contributed by atoms with E-state index in [1.165, 1.54) is 19.3 Å². The molecule has 106 valence electrons. The smallest absolute Gasteiger partial charge is 0.309 e. The largest absolute Gasteiger partial charge is 0.348 e. The maximum atomic E-state index is 12.0. The number of nitrogens with one attached hydrogen (secondary N) is 2. The van der Waals surface area contributed by atoms with Crippen LogP contribution in [0.15, 0.2) is 0 Å². The van der Waals surface area contributed by atoms with E-state index in [9.17, 15) is 9.59 Å². The second-order valence-corrected chi connectivity index (χ2v) is 6.91. The maximum absolute atomic E-state index is 12.0. The van der Waals surface area contributed by atoms with Gasteiger partial charge in [-0.3, -0.25) is 9.59 Å².